The van der Waals surface area contributed by atoms with Crippen LogP contribution in [0.25, 0.3) is 0 Å². The van der Waals surface area contributed by atoms with Crippen molar-refractivity contribution in [2.75, 3.05) is 26.2 Å². The third-order valence-corrected chi connectivity index (χ3v) is 4.00. The zero-order valence-corrected chi connectivity index (χ0v) is 13.5. The maximum atomic E-state index is 11.7. The van der Waals surface area contributed by atoms with Crippen LogP contribution in [-0.4, -0.2) is 43.0 Å². The summed E-state index contributed by atoms with van der Waals surface area (Å²) in [6, 6.07) is -0.349. The lowest BCUT2D eigenvalue weighted by Crippen LogP contribution is -2.41. The standard InChI is InChI=1S/C16H33N3O/c1-13(2)11-15(17)16(20)18-8-4-5-9-19-10-6-7-14(3)12-19/h13-15H,4-12,17H2,1-3H3,(H,18,20)/t14?,15-/m0/s1. The van der Waals surface area contributed by atoms with E-state index in [1.54, 1.807) is 0 Å². The second-order valence-electron chi connectivity index (χ2n) is 6.78. The maximum absolute atomic E-state index is 11.7. The van der Waals surface area contributed by atoms with Crippen LogP contribution in [0.5, 0.6) is 0 Å². The first-order valence-corrected chi connectivity index (χ1v) is 8.24. The Bertz CT molecular complexity index is 281. The van der Waals surface area contributed by atoms with Gasteiger partial charge in [-0.2, -0.15) is 0 Å². The summed E-state index contributed by atoms with van der Waals surface area (Å²) >= 11 is 0. The molecule has 1 rings (SSSR count). The molecule has 1 unspecified atom stereocenters. The van der Waals surface area contributed by atoms with Crippen LogP contribution in [0.2, 0.25) is 0 Å². The minimum Gasteiger partial charge on any atom is -0.355 e. The molecule has 1 aliphatic heterocycles. The highest BCUT2D eigenvalue weighted by Gasteiger charge is 2.16. The Labute approximate surface area is 124 Å². The van der Waals surface area contributed by atoms with Crippen LogP contribution in [0, 0.1) is 11.8 Å². The van der Waals surface area contributed by atoms with Crippen molar-refractivity contribution in [1.82, 2.24) is 10.2 Å². The first-order valence-electron chi connectivity index (χ1n) is 8.24. The fraction of sp³-hybridized carbons (Fsp3) is 0.938. The molecule has 3 N–H and O–H groups in total. The molecular weight excluding hydrogens is 250 g/mol. The van der Waals surface area contributed by atoms with Gasteiger partial charge in [0.25, 0.3) is 0 Å². The lowest BCUT2D eigenvalue weighted by Gasteiger charge is -2.30. The van der Waals surface area contributed by atoms with E-state index >= 15 is 0 Å². The molecule has 4 heteroatoms. The van der Waals surface area contributed by atoms with E-state index in [9.17, 15) is 4.79 Å². The van der Waals surface area contributed by atoms with Crippen LogP contribution in [0.15, 0.2) is 0 Å². The Kier molecular flexibility index (Phi) is 8.15. The fourth-order valence-corrected chi connectivity index (χ4v) is 2.91. The third kappa shape index (κ3) is 7.25. The van der Waals surface area contributed by atoms with Crippen LogP contribution >= 0.6 is 0 Å². The summed E-state index contributed by atoms with van der Waals surface area (Å²) in [5.74, 6) is 1.32. The number of nitrogens with one attached hydrogen (secondary N) is 1. The second-order valence-corrected chi connectivity index (χ2v) is 6.78. The van der Waals surface area contributed by atoms with Gasteiger partial charge in [0.05, 0.1) is 6.04 Å². The Balaban J connectivity index is 2.02. The molecule has 0 radical (unpaired) electrons. The summed E-state index contributed by atoms with van der Waals surface area (Å²) in [6.07, 6.45) is 5.68. The number of nitrogens with two attached hydrogens (primary N) is 1. The summed E-state index contributed by atoms with van der Waals surface area (Å²) in [7, 11) is 0. The first kappa shape index (κ1) is 17.4. The van der Waals surface area contributed by atoms with E-state index in [-0.39, 0.29) is 11.9 Å². The van der Waals surface area contributed by atoms with E-state index in [1.807, 2.05) is 0 Å². The van der Waals surface area contributed by atoms with E-state index in [1.165, 1.54) is 25.9 Å². The monoisotopic (exact) mass is 283 g/mol. The van der Waals surface area contributed by atoms with Gasteiger partial charge in [-0.3, -0.25) is 4.79 Å². The molecule has 0 saturated carbocycles. The molecule has 0 bridgehead atoms. The van der Waals surface area contributed by atoms with Crippen molar-refractivity contribution < 1.29 is 4.79 Å². The third-order valence-electron chi connectivity index (χ3n) is 4.00. The molecule has 1 fully saturated rings. The van der Waals surface area contributed by atoms with Crippen LogP contribution in [0.3, 0.4) is 0 Å². The van der Waals surface area contributed by atoms with Gasteiger partial charge < -0.3 is 16.0 Å². The smallest absolute Gasteiger partial charge is 0.236 e. The number of hydrogen-bond donors (Lipinski definition) is 2. The van der Waals surface area contributed by atoms with Crippen LogP contribution in [0.4, 0.5) is 0 Å². The number of likely N-dealkylation sites (tertiary alicyclic amines) is 1. The molecule has 4 nitrogen and oxygen atoms in total. The van der Waals surface area contributed by atoms with E-state index in [0.29, 0.717) is 5.92 Å². The first-order chi connectivity index (χ1) is 9.49. The molecule has 1 saturated heterocycles. The zero-order chi connectivity index (χ0) is 15.0. The molecule has 0 aromatic carbocycles. The molecule has 1 heterocycles. The van der Waals surface area contributed by atoms with Crippen molar-refractivity contribution in [2.45, 2.75) is 58.9 Å². The summed E-state index contributed by atoms with van der Waals surface area (Å²) in [5.41, 5.74) is 5.84. The normalized spacial score (nSPS) is 21.9. The summed E-state index contributed by atoms with van der Waals surface area (Å²) < 4.78 is 0. The van der Waals surface area contributed by atoms with E-state index in [4.69, 9.17) is 5.73 Å². The predicted molar refractivity (Wildman–Crippen MR) is 84.5 cm³/mol. The highest BCUT2D eigenvalue weighted by atomic mass is 16.2. The minimum atomic E-state index is -0.349. The van der Waals surface area contributed by atoms with E-state index in [0.717, 1.165) is 38.3 Å². The molecule has 0 aromatic heterocycles. The van der Waals surface area contributed by atoms with Crippen molar-refractivity contribution in [3.8, 4) is 0 Å². The lowest BCUT2D eigenvalue weighted by molar-refractivity contribution is -0.122. The SMILES string of the molecule is CC(C)C[C@H](N)C(=O)NCCCCN1CCCC(C)C1. The molecular formula is C16H33N3O. The highest BCUT2D eigenvalue weighted by Crippen LogP contribution is 2.15. The molecule has 0 aromatic rings. The molecule has 0 spiro atoms. The van der Waals surface area contributed by atoms with Gasteiger partial charge in [-0.25, -0.2) is 0 Å². The van der Waals surface area contributed by atoms with Gasteiger partial charge in [0.1, 0.15) is 0 Å². The van der Waals surface area contributed by atoms with Crippen molar-refractivity contribution in [3.63, 3.8) is 0 Å². The largest absolute Gasteiger partial charge is 0.355 e. The molecule has 118 valence electrons. The van der Waals surface area contributed by atoms with Crippen molar-refractivity contribution in [2.24, 2.45) is 17.6 Å². The van der Waals surface area contributed by atoms with E-state index < -0.39 is 0 Å². The number of amides is 1. The van der Waals surface area contributed by atoms with Gasteiger partial charge in [0.2, 0.25) is 5.91 Å². The summed E-state index contributed by atoms with van der Waals surface area (Å²) in [5, 5.41) is 2.95. The number of rotatable bonds is 8. The number of piperidine rings is 1. The Hall–Kier alpha value is -0.610. The Morgan fingerprint density at radius 1 is 1.40 bits per heavy atom. The van der Waals surface area contributed by atoms with Gasteiger partial charge in [0, 0.05) is 13.1 Å². The van der Waals surface area contributed by atoms with Crippen LogP contribution in [-0.2, 0) is 4.79 Å². The average Bonchev–Trinajstić information content (AvgIpc) is 2.37. The molecule has 20 heavy (non-hydrogen) atoms. The van der Waals surface area contributed by atoms with Crippen molar-refractivity contribution >= 4 is 5.91 Å². The maximum Gasteiger partial charge on any atom is 0.236 e. The molecule has 2 atom stereocenters. The molecule has 1 aliphatic rings. The lowest BCUT2D eigenvalue weighted by atomic mass is 10.0. The predicted octanol–water partition coefficient (Wildman–Crippen LogP) is 1.99. The zero-order valence-electron chi connectivity index (χ0n) is 13.5. The van der Waals surface area contributed by atoms with Crippen molar-refractivity contribution in [3.05, 3.63) is 0 Å². The van der Waals surface area contributed by atoms with Gasteiger partial charge in [0.15, 0.2) is 0 Å². The summed E-state index contributed by atoms with van der Waals surface area (Å²) in [4.78, 5) is 14.3. The second kappa shape index (κ2) is 9.35. The van der Waals surface area contributed by atoms with E-state index in [2.05, 4.69) is 31.0 Å². The van der Waals surface area contributed by atoms with Gasteiger partial charge in [-0.15, -0.1) is 0 Å². The van der Waals surface area contributed by atoms with Gasteiger partial charge in [-0.05, 0) is 57.0 Å². The summed E-state index contributed by atoms with van der Waals surface area (Å²) in [6.45, 7) is 10.9. The molecule has 0 aliphatic carbocycles. The van der Waals surface area contributed by atoms with Crippen LogP contribution in [0.1, 0.15) is 52.9 Å². The van der Waals surface area contributed by atoms with Crippen LogP contribution < -0.4 is 11.1 Å². The quantitative estimate of drug-likeness (QED) is 0.670. The Morgan fingerprint density at radius 3 is 2.80 bits per heavy atom. The van der Waals surface area contributed by atoms with Gasteiger partial charge >= 0.3 is 0 Å². The number of nitrogens with zero attached hydrogens (tertiary/aromatic N) is 1. The van der Waals surface area contributed by atoms with Gasteiger partial charge in [-0.1, -0.05) is 20.8 Å². The number of carbonyl (C=O) groups is 1. The number of carbonyl (C=O) groups excluding carboxylic acids is 1. The average molecular weight is 283 g/mol. The topological polar surface area (TPSA) is 58.4 Å². The number of unbranched alkanes of at least 4 members (excludes halogenated alkanes) is 1. The Morgan fingerprint density at radius 2 is 2.15 bits per heavy atom. The van der Waals surface area contributed by atoms with Crippen molar-refractivity contribution in [1.29, 1.82) is 0 Å². The highest BCUT2D eigenvalue weighted by molar-refractivity contribution is 5.81. The molecule has 1 amide bonds. The minimum absolute atomic E-state index is 0.00490. The number of hydrogen-bond acceptors (Lipinski definition) is 3. The fourth-order valence-electron chi connectivity index (χ4n) is 2.91.